The van der Waals surface area contributed by atoms with Crippen LogP contribution in [0.25, 0.3) is 0 Å². The number of hydrogen-bond donors (Lipinski definition) is 0. The van der Waals surface area contributed by atoms with E-state index in [1.165, 1.54) is 32.6 Å². The summed E-state index contributed by atoms with van der Waals surface area (Å²) in [6.07, 6.45) is 28.1. The lowest BCUT2D eigenvalue weighted by Gasteiger charge is -2.31. The van der Waals surface area contributed by atoms with Crippen LogP contribution < -0.4 is 0 Å². The maximum atomic E-state index is 13.5. The number of unbranched alkanes of at least 4 members (excludes halogenated alkanes) is 20. The van der Waals surface area contributed by atoms with Gasteiger partial charge in [-0.05, 0) is 38.5 Å². The van der Waals surface area contributed by atoms with Crippen molar-refractivity contribution < 1.29 is 57.2 Å². The summed E-state index contributed by atoms with van der Waals surface area (Å²) < 4.78 is 27.9. The second kappa shape index (κ2) is 46.8. The van der Waals surface area contributed by atoms with E-state index in [0.29, 0.717) is 25.7 Å². The van der Waals surface area contributed by atoms with Crippen molar-refractivity contribution in [3.05, 3.63) is 0 Å². The molecule has 1 amide bonds. The molecule has 13 nitrogen and oxygen atoms in total. The first-order chi connectivity index (χ1) is 33.4. The van der Waals surface area contributed by atoms with Gasteiger partial charge in [-0.25, -0.2) is 0 Å². The second-order valence-electron chi connectivity index (χ2n) is 19.4. The van der Waals surface area contributed by atoms with Crippen LogP contribution in [0.15, 0.2) is 0 Å². The van der Waals surface area contributed by atoms with E-state index in [0.717, 1.165) is 135 Å². The fraction of sp³-hybridized carbons (Fsp3) is 0.875. The van der Waals surface area contributed by atoms with E-state index in [1.807, 2.05) is 6.92 Å². The van der Waals surface area contributed by atoms with Gasteiger partial charge in [-0.15, -0.1) is 0 Å². The Morgan fingerprint density at radius 1 is 0.362 bits per heavy atom. The Hall–Kier alpha value is -3.51. The lowest BCUT2D eigenvalue weighted by molar-refractivity contribution is -0.155. The molecule has 0 bridgehead atoms. The van der Waals surface area contributed by atoms with Crippen LogP contribution in [0.4, 0.5) is 0 Å². The normalized spacial score (nSPS) is 11.7. The topological polar surface area (TPSA) is 169 Å². The van der Waals surface area contributed by atoms with E-state index < -0.39 is 17.8 Å². The summed E-state index contributed by atoms with van der Waals surface area (Å²) in [5, 5.41) is 0. The average molecular weight is 980 g/mol. The van der Waals surface area contributed by atoms with E-state index in [-0.39, 0.29) is 113 Å². The van der Waals surface area contributed by atoms with Crippen molar-refractivity contribution in [3.63, 3.8) is 0 Å². The molecule has 0 aliphatic rings. The summed E-state index contributed by atoms with van der Waals surface area (Å²) in [6.45, 7) is 12.0. The summed E-state index contributed by atoms with van der Waals surface area (Å²) in [4.78, 5) is 91.8. The first kappa shape index (κ1) is 65.5. The molecule has 1 unspecified atom stereocenters. The van der Waals surface area contributed by atoms with Crippen molar-refractivity contribution in [2.24, 2.45) is 11.8 Å². The molecule has 0 aromatic carbocycles. The minimum absolute atomic E-state index is 0.0157. The Bertz CT molecular complexity index is 1270. The predicted molar refractivity (Wildman–Crippen MR) is 273 cm³/mol. The maximum absolute atomic E-state index is 13.5. The Labute approximate surface area is 419 Å². The lowest BCUT2D eigenvalue weighted by Crippen LogP contribution is -2.41. The number of nitrogens with zero attached hydrogens (tertiary/aromatic N) is 1. The molecule has 0 saturated carbocycles. The van der Waals surface area contributed by atoms with Crippen LogP contribution in [0.1, 0.15) is 260 Å². The number of ether oxygens (including phenoxy) is 5. The minimum atomic E-state index is -0.584. The van der Waals surface area contributed by atoms with E-state index in [4.69, 9.17) is 23.7 Å². The van der Waals surface area contributed by atoms with Gasteiger partial charge in [0.2, 0.25) is 5.91 Å². The smallest absolute Gasteiger partial charge is 0.306 e. The number of ketones is 1. The molecule has 0 aliphatic carbocycles. The van der Waals surface area contributed by atoms with Crippen LogP contribution in [0, 0.1) is 11.8 Å². The van der Waals surface area contributed by atoms with Gasteiger partial charge in [0.25, 0.3) is 0 Å². The zero-order valence-corrected chi connectivity index (χ0v) is 44.9. The minimum Gasteiger partial charge on any atom is -0.465 e. The number of rotatable bonds is 49. The van der Waals surface area contributed by atoms with Gasteiger partial charge in [-0.1, -0.05) is 169 Å². The Morgan fingerprint density at radius 2 is 0.696 bits per heavy atom. The first-order valence-corrected chi connectivity index (χ1v) is 28.0. The van der Waals surface area contributed by atoms with Gasteiger partial charge in [-0.3, -0.25) is 33.6 Å². The number of carbonyl (C=O) groups is 7. The molecule has 0 N–H and O–H groups in total. The quantitative estimate of drug-likeness (QED) is 0.0322. The molecule has 0 rings (SSSR count). The molecule has 0 heterocycles. The van der Waals surface area contributed by atoms with Gasteiger partial charge in [0, 0.05) is 63.3 Å². The SMILES string of the molecule is CCCCCCCCC(=O)OCC(COC(=O)CCCCCCCC)CC(=O)CCC(CCC)N(CCOC(=O)CC(COC(=O)CCCCCCCC)COC(=O)CCCCCCCC)C(C)=O. The van der Waals surface area contributed by atoms with Crippen molar-refractivity contribution in [2.75, 3.05) is 39.6 Å². The van der Waals surface area contributed by atoms with E-state index in [2.05, 4.69) is 27.7 Å². The summed E-state index contributed by atoms with van der Waals surface area (Å²) in [6, 6.07) is -0.288. The number of Topliss-reactive ketones (excluding diaryl/α,β-unsaturated/α-hetero) is 1. The van der Waals surface area contributed by atoms with E-state index in [1.54, 1.807) is 4.90 Å². The second-order valence-corrected chi connectivity index (χ2v) is 19.4. The van der Waals surface area contributed by atoms with Crippen molar-refractivity contribution in [2.45, 2.75) is 266 Å². The fourth-order valence-corrected chi connectivity index (χ4v) is 8.35. The molecule has 0 aliphatic heterocycles. The monoisotopic (exact) mass is 980 g/mol. The van der Waals surface area contributed by atoms with Crippen LogP contribution in [-0.4, -0.2) is 92.1 Å². The zero-order valence-electron chi connectivity index (χ0n) is 44.9. The lowest BCUT2D eigenvalue weighted by atomic mass is 9.97. The highest BCUT2D eigenvalue weighted by Gasteiger charge is 2.25. The number of amides is 1. The number of esters is 5. The molecule has 0 aromatic heterocycles. The fourth-order valence-electron chi connectivity index (χ4n) is 8.35. The summed E-state index contributed by atoms with van der Waals surface area (Å²) in [5.74, 6) is -3.25. The third kappa shape index (κ3) is 40.9. The van der Waals surface area contributed by atoms with Crippen LogP contribution in [0.3, 0.4) is 0 Å². The molecular weight excluding hydrogens is 879 g/mol. The summed E-state index contributed by atoms with van der Waals surface area (Å²) in [7, 11) is 0. The van der Waals surface area contributed by atoms with Crippen LogP contribution in [-0.2, 0) is 57.2 Å². The van der Waals surface area contributed by atoms with Gasteiger partial charge in [-0.2, -0.15) is 0 Å². The largest absolute Gasteiger partial charge is 0.465 e. The molecule has 0 saturated heterocycles. The van der Waals surface area contributed by atoms with Gasteiger partial charge < -0.3 is 28.6 Å². The highest BCUT2D eigenvalue weighted by molar-refractivity contribution is 5.79. The molecule has 1 atom stereocenters. The molecule has 0 aromatic rings. The van der Waals surface area contributed by atoms with Crippen molar-refractivity contribution in [1.82, 2.24) is 4.90 Å². The summed E-state index contributed by atoms with van der Waals surface area (Å²) >= 11 is 0. The van der Waals surface area contributed by atoms with Crippen LogP contribution in [0.2, 0.25) is 0 Å². The van der Waals surface area contributed by atoms with Gasteiger partial charge in [0.15, 0.2) is 0 Å². The Kier molecular flexibility index (Phi) is 44.5. The van der Waals surface area contributed by atoms with E-state index in [9.17, 15) is 33.6 Å². The molecule has 0 radical (unpaired) electrons. The Balaban J connectivity index is 5.45. The van der Waals surface area contributed by atoms with Crippen molar-refractivity contribution in [1.29, 1.82) is 0 Å². The van der Waals surface area contributed by atoms with Crippen LogP contribution in [0.5, 0.6) is 0 Å². The third-order valence-electron chi connectivity index (χ3n) is 12.6. The van der Waals surface area contributed by atoms with Crippen molar-refractivity contribution in [3.8, 4) is 0 Å². The van der Waals surface area contributed by atoms with Gasteiger partial charge >= 0.3 is 29.8 Å². The molecule has 69 heavy (non-hydrogen) atoms. The highest BCUT2D eigenvalue weighted by atomic mass is 16.6. The molecular formula is C56H101NO12. The predicted octanol–water partition coefficient (Wildman–Crippen LogP) is 13.1. The number of hydrogen-bond acceptors (Lipinski definition) is 12. The standard InChI is InChI=1S/C56H101NO12/c1-7-12-16-20-24-28-33-52(60)66-43-48(44-67-53(61)34-29-25-21-17-13-8-2)41-51(59)38-37-50(32-11-5)57(47(6)58)39-40-65-56(64)42-49(45-68-54(62)35-30-26-22-18-14-9-3)46-69-55(63)36-31-27-23-19-15-10-4/h48-50H,7-46H2,1-6H3. The third-order valence-corrected chi connectivity index (χ3v) is 12.6. The first-order valence-electron chi connectivity index (χ1n) is 28.0. The molecule has 0 fully saturated rings. The highest BCUT2D eigenvalue weighted by Crippen LogP contribution is 2.19. The van der Waals surface area contributed by atoms with Crippen molar-refractivity contribution >= 4 is 41.5 Å². The van der Waals surface area contributed by atoms with Crippen LogP contribution >= 0.6 is 0 Å². The zero-order chi connectivity index (χ0) is 51.2. The maximum Gasteiger partial charge on any atom is 0.306 e. The number of carbonyl (C=O) groups excluding carboxylic acids is 7. The van der Waals surface area contributed by atoms with E-state index >= 15 is 0 Å². The van der Waals surface area contributed by atoms with Gasteiger partial charge in [0.05, 0.1) is 39.4 Å². The molecule has 0 spiro atoms. The molecule has 402 valence electrons. The summed E-state index contributed by atoms with van der Waals surface area (Å²) in [5.41, 5.74) is 0. The average Bonchev–Trinajstić information content (AvgIpc) is 3.32. The van der Waals surface area contributed by atoms with Gasteiger partial charge in [0.1, 0.15) is 12.4 Å². The molecule has 13 heteroatoms. The Morgan fingerprint density at radius 3 is 1.03 bits per heavy atom.